The second-order valence-corrected chi connectivity index (χ2v) is 6.61. The molecule has 0 radical (unpaired) electrons. The van der Waals surface area contributed by atoms with Crippen LogP contribution in [0.4, 0.5) is 0 Å². The number of hydrogen-bond acceptors (Lipinski definition) is 4. The van der Waals surface area contributed by atoms with Crippen molar-refractivity contribution >= 4 is 17.6 Å². The molecule has 2 aliphatic rings. The van der Waals surface area contributed by atoms with Gasteiger partial charge in [0.15, 0.2) is 6.10 Å². The molecule has 1 aliphatic heterocycles. The Morgan fingerprint density at radius 2 is 1.96 bits per heavy atom. The Kier molecular flexibility index (Phi) is 6.38. The Morgan fingerprint density at radius 3 is 2.57 bits per heavy atom. The SMILES string of the molecule is C[C@H](NC(=O)C1CCCCC1)C(O)C(=O)N/N=C1\CCCN1C. The highest BCUT2D eigenvalue weighted by molar-refractivity contribution is 5.87. The van der Waals surface area contributed by atoms with Crippen LogP contribution in [-0.4, -0.2) is 53.4 Å². The summed E-state index contributed by atoms with van der Waals surface area (Å²) in [5, 5.41) is 16.9. The van der Waals surface area contributed by atoms with E-state index in [0.29, 0.717) is 0 Å². The van der Waals surface area contributed by atoms with Gasteiger partial charge in [0.2, 0.25) is 5.91 Å². The quantitative estimate of drug-likeness (QED) is 0.645. The van der Waals surface area contributed by atoms with Gasteiger partial charge in [-0.2, -0.15) is 5.10 Å². The van der Waals surface area contributed by atoms with Crippen molar-refractivity contribution in [3.8, 4) is 0 Å². The maximum Gasteiger partial charge on any atom is 0.271 e. The topological polar surface area (TPSA) is 94.0 Å². The van der Waals surface area contributed by atoms with Crippen LogP contribution in [0, 0.1) is 5.92 Å². The van der Waals surface area contributed by atoms with E-state index in [2.05, 4.69) is 15.8 Å². The number of likely N-dealkylation sites (tertiary alicyclic amines) is 1. The van der Waals surface area contributed by atoms with Crippen molar-refractivity contribution in [3.63, 3.8) is 0 Å². The number of hydrogen-bond donors (Lipinski definition) is 3. The van der Waals surface area contributed by atoms with E-state index in [9.17, 15) is 14.7 Å². The van der Waals surface area contributed by atoms with Crippen molar-refractivity contribution in [1.82, 2.24) is 15.6 Å². The summed E-state index contributed by atoms with van der Waals surface area (Å²) in [5.74, 6) is 0.165. The number of aliphatic hydroxyl groups is 1. The number of hydrazone groups is 1. The molecule has 2 rings (SSSR count). The Balaban J connectivity index is 1.79. The number of aliphatic hydroxyl groups excluding tert-OH is 1. The first-order valence-electron chi connectivity index (χ1n) is 8.55. The summed E-state index contributed by atoms with van der Waals surface area (Å²) in [6.45, 7) is 2.56. The summed E-state index contributed by atoms with van der Waals surface area (Å²) >= 11 is 0. The van der Waals surface area contributed by atoms with Gasteiger partial charge >= 0.3 is 0 Å². The van der Waals surface area contributed by atoms with Crippen LogP contribution in [0.3, 0.4) is 0 Å². The molecule has 7 nitrogen and oxygen atoms in total. The van der Waals surface area contributed by atoms with Gasteiger partial charge in [-0.1, -0.05) is 19.3 Å². The molecular weight excluding hydrogens is 296 g/mol. The lowest BCUT2D eigenvalue weighted by atomic mass is 9.88. The highest BCUT2D eigenvalue weighted by Crippen LogP contribution is 2.23. The number of nitrogens with zero attached hydrogens (tertiary/aromatic N) is 2. The Labute approximate surface area is 137 Å². The molecule has 0 aromatic rings. The van der Waals surface area contributed by atoms with E-state index in [1.165, 1.54) is 6.42 Å². The molecule has 2 fully saturated rings. The van der Waals surface area contributed by atoms with Crippen molar-refractivity contribution in [1.29, 1.82) is 0 Å². The summed E-state index contributed by atoms with van der Waals surface area (Å²) in [5.41, 5.74) is 2.39. The molecule has 2 atom stereocenters. The molecule has 23 heavy (non-hydrogen) atoms. The molecule has 1 heterocycles. The van der Waals surface area contributed by atoms with E-state index in [1.54, 1.807) is 6.92 Å². The molecule has 1 saturated carbocycles. The largest absolute Gasteiger partial charge is 0.381 e. The van der Waals surface area contributed by atoms with Gasteiger partial charge in [0.25, 0.3) is 5.91 Å². The Morgan fingerprint density at radius 1 is 1.26 bits per heavy atom. The van der Waals surface area contributed by atoms with Crippen LogP contribution in [-0.2, 0) is 9.59 Å². The van der Waals surface area contributed by atoms with Crippen LogP contribution in [0.25, 0.3) is 0 Å². The standard InChI is InChI=1S/C16H28N4O3/c1-11(17-15(22)12-7-4-3-5-8-12)14(21)16(23)19-18-13-9-6-10-20(13)2/h11-12,14,21H,3-10H2,1-2H3,(H,17,22)(H,19,23)/b18-13+/t11-,14?/m0/s1. The fourth-order valence-corrected chi connectivity index (χ4v) is 3.13. The number of rotatable bonds is 5. The number of carbonyl (C=O) groups excluding carboxylic acids is 2. The van der Waals surface area contributed by atoms with Gasteiger partial charge in [-0.25, -0.2) is 5.43 Å². The maximum absolute atomic E-state index is 12.2. The third-order valence-corrected chi connectivity index (χ3v) is 4.72. The first-order chi connectivity index (χ1) is 11.0. The van der Waals surface area contributed by atoms with Crippen molar-refractivity contribution in [3.05, 3.63) is 0 Å². The minimum Gasteiger partial charge on any atom is -0.381 e. The first kappa shape index (κ1) is 17.7. The lowest BCUT2D eigenvalue weighted by molar-refractivity contribution is -0.133. The third-order valence-electron chi connectivity index (χ3n) is 4.72. The fourth-order valence-electron chi connectivity index (χ4n) is 3.13. The predicted octanol–water partition coefficient (Wildman–Crippen LogP) is 0.588. The van der Waals surface area contributed by atoms with Crippen LogP contribution in [0.2, 0.25) is 0 Å². The first-order valence-corrected chi connectivity index (χ1v) is 8.55. The Hall–Kier alpha value is -1.63. The highest BCUT2D eigenvalue weighted by atomic mass is 16.3. The van der Waals surface area contributed by atoms with Crippen LogP contribution in [0.15, 0.2) is 5.10 Å². The van der Waals surface area contributed by atoms with E-state index in [0.717, 1.165) is 50.9 Å². The second-order valence-electron chi connectivity index (χ2n) is 6.61. The fraction of sp³-hybridized carbons (Fsp3) is 0.812. The molecule has 1 saturated heterocycles. The maximum atomic E-state index is 12.2. The zero-order valence-corrected chi connectivity index (χ0v) is 14.0. The highest BCUT2D eigenvalue weighted by Gasteiger charge is 2.28. The lowest BCUT2D eigenvalue weighted by Crippen LogP contribution is -2.49. The van der Waals surface area contributed by atoms with Gasteiger partial charge in [-0.15, -0.1) is 0 Å². The van der Waals surface area contributed by atoms with Crippen molar-refractivity contribution in [2.45, 2.75) is 64.0 Å². The summed E-state index contributed by atoms with van der Waals surface area (Å²) in [6, 6.07) is -0.633. The van der Waals surface area contributed by atoms with E-state index in [1.807, 2.05) is 11.9 Å². The molecule has 0 aromatic heterocycles. The van der Waals surface area contributed by atoms with Crippen LogP contribution in [0.1, 0.15) is 51.9 Å². The van der Waals surface area contributed by atoms with Gasteiger partial charge in [-0.05, 0) is 26.2 Å². The van der Waals surface area contributed by atoms with E-state index >= 15 is 0 Å². The zero-order chi connectivity index (χ0) is 16.8. The molecule has 0 spiro atoms. The average molecular weight is 324 g/mol. The smallest absolute Gasteiger partial charge is 0.271 e. The predicted molar refractivity (Wildman–Crippen MR) is 87.6 cm³/mol. The van der Waals surface area contributed by atoms with E-state index in [4.69, 9.17) is 0 Å². The normalized spacial score (nSPS) is 23.6. The third kappa shape index (κ3) is 4.92. The number of amides is 2. The molecule has 0 aromatic carbocycles. The molecule has 0 bridgehead atoms. The van der Waals surface area contributed by atoms with Crippen molar-refractivity contribution in [2.75, 3.05) is 13.6 Å². The molecule has 3 N–H and O–H groups in total. The monoisotopic (exact) mass is 324 g/mol. The van der Waals surface area contributed by atoms with Crippen LogP contribution < -0.4 is 10.7 Å². The van der Waals surface area contributed by atoms with Gasteiger partial charge in [0.05, 0.1) is 6.04 Å². The molecular formula is C16H28N4O3. The number of nitrogens with one attached hydrogen (secondary N) is 2. The van der Waals surface area contributed by atoms with Gasteiger partial charge < -0.3 is 15.3 Å². The molecule has 7 heteroatoms. The molecule has 2 amide bonds. The minimum atomic E-state index is -1.31. The van der Waals surface area contributed by atoms with Gasteiger partial charge in [0.1, 0.15) is 5.84 Å². The zero-order valence-electron chi connectivity index (χ0n) is 14.0. The lowest BCUT2D eigenvalue weighted by Gasteiger charge is -2.25. The van der Waals surface area contributed by atoms with Crippen molar-refractivity contribution < 1.29 is 14.7 Å². The van der Waals surface area contributed by atoms with E-state index in [-0.39, 0.29) is 11.8 Å². The summed E-state index contributed by atoms with van der Waals surface area (Å²) < 4.78 is 0. The van der Waals surface area contributed by atoms with Gasteiger partial charge in [-0.3, -0.25) is 9.59 Å². The molecule has 130 valence electrons. The van der Waals surface area contributed by atoms with Gasteiger partial charge in [0, 0.05) is 25.9 Å². The van der Waals surface area contributed by atoms with Crippen LogP contribution in [0.5, 0.6) is 0 Å². The van der Waals surface area contributed by atoms with Crippen molar-refractivity contribution in [2.24, 2.45) is 11.0 Å². The second kappa shape index (κ2) is 8.29. The molecule has 1 aliphatic carbocycles. The number of amidine groups is 1. The number of carbonyl (C=O) groups is 2. The van der Waals surface area contributed by atoms with Crippen LogP contribution >= 0.6 is 0 Å². The summed E-state index contributed by atoms with van der Waals surface area (Å²) in [6.07, 6.45) is 5.63. The summed E-state index contributed by atoms with van der Waals surface area (Å²) in [4.78, 5) is 26.1. The minimum absolute atomic E-state index is 0.00819. The molecule has 1 unspecified atom stereocenters. The Bertz CT molecular complexity index is 460. The average Bonchev–Trinajstić information content (AvgIpc) is 2.97. The summed E-state index contributed by atoms with van der Waals surface area (Å²) in [7, 11) is 1.92. The van der Waals surface area contributed by atoms with E-state index < -0.39 is 18.1 Å².